The molecule has 2 unspecified atom stereocenters. The number of carbonyl (C=O) groups excluding carboxylic acids is 1. The lowest BCUT2D eigenvalue weighted by Crippen LogP contribution is -2.40. The summed E-state index contributed by atoms with van der Waals surface area (Å²) in [5, 5.41) is 6.40. The first kappa shape index (κ1) is 18.3. The van der Waals surface area contributed by atoms with Crippen LogP contribution in [0.1, 0.15) is 24.5 Å². The molecule has 3 rings (SSSR count). The maximum atomic E-state index is 12.6. The van der Waals surface area contributed by atoms with E-state index in [0.717, 1.165) is 18.5 Å². The number of halogens is 1. The molecule has 2 N–H and O–H groups in total. The molecular formula is C19H23ClN2O2. The Morgan fingerprint density at radius 2 is 1.79 bits per heavy atom. The Bertz CT molecular complexity index is 616. The highest BCUT2D eigenvalue weighted by Gasteiger charge is 2.24. The molecule has 2 aromatic carbocycles. The fraction of sp³-hybridized carbons (Fsp3) is 0.316. The second-order valence-electron chi connectivity index (χ2n) is 5.76. The molecule has 0 spiro atoms. The summed E-state index contributed by atoms with van der Waals surface area (Å²) >= 11 is 0. The molecule has 2 atom stereocenters. The van der Waals surface area contributed by atoms with E-state index in [1.54, 1.807) is 0 Å². The Morgan fingerprint density at radius 3 is 2.42 bits per heavy atom. The summed E-state index contributed by atoms with van der Waals surface area (Å²) < 4.78 is 5.95. The highest BCUT2D eigenvalue weighted by molar-refractivity contribution is 5.85. The molecule has 5 heteroatoms. The lowest BCUT2D eigenvalue weighted by Gasteiger charge is -2.20. The molecule has 1 heterocycles. The van der Waals surface area contributed by atoms with Gasteiger partial charge in [-0.15, -0.1) is 12.4 Å². The molecule has 1 fully saturated rings. The van der Waals surface area contributed by atoms with Gasteiger partial charge >= 0.3 is 0 Å². The molecule has 1 saturated heterocycles. The Balaban J connectivity index is 0.00000208. The van der Waals surface area contributed by atoms with E-state index in [1.165, 1.54) is 6.42 Å². The zero-order valence-corrected chi connectivity index (χ0v) is 14.3. The van der Waals surface area contributed by atoms with Gasteiger partial charge in [0.25, 0.3) is 5.91 Å². The molecule has 0 radical (unpaired) electrons. The van der Waals surface area contributed by atoms with Crippen molar-refractivity contribution in [3.05, 3.63) is 66.2 Å². The Hall–Kier alpha value is -2.04. The van der Waals surface area contributed by atoms with Crippen LogP contribution in [0, 0.1) is 0 Å². The van der Waals surface area contributed by atoms with Crippen molar-refractivity contribution in [3.63, 3.8) is 0 Å². The van der Waals surface area contributed by atoms with Crippen LogP contribution < -0.4 is 15.4 Å². The summed E-state index contributed by atoms with van der Waals surface area (Å²) in [6.45, 7) is 1.67. The average Bonchev–Trinajstić information content (AvgIpc) is 3.13. The van der Waals surface area contributed by atoms with Gasteiger partial charge < -0.3 is 15.4 Å². The highest BCUT2D eigenvalue weighted by atomic mass is 35.5. The third-order valence-electron chi connectivity index (χ3n) is 4.02. The van der Waals surface area contributed by atoms with Crippen LogP contribution in [0.15, 0.2) is 60.7 Å². The van der Waals surface area contributed by atoms with Gasteiger partial charge in [0.2, 0.25) is 6.10 Å². The number of hydrogen-bond acceptors (Lipinski definition) is 3. The second kappa shape index (κ2) is 9.30. The molecule has 24 heavy (non-hydrogen) atoms. The minimum absolute atomic E-state index is 0. The molecular weight excluding hydrogens is 324 g/mol. The smallest absolute Gasteiger partial charge is 0.265 e. The van der Waals surface area contributed by atoms with Crippen LogP contribution in [-0.4, -0.2) is 25.0 Å². The summed E-state index contributed by atoms with van der Waals surface area (Å²) in [5.74, 6) is 0.587. The number of para-hydroxylation sites is 1. The Labute approximate surface area is 149 Å². The lowest BCUT2D eigenvalue weighted by molar-refractivity contribution is -0.128. The van der Waals surface area contributed by atoms with E-state index in [1.807, 2.05) is 60.7 Å². The Kier molecular flexibility index (Phi) is 7.09. The van der Waals surface area contributed by atoms with Gasteiger partial charge in [-0.2, -0.15) is 0 Å². The molecule has 1 aliphatic heterocycles. The van der Waals surface area contributed by atoms with Crippen LogP contribution in [0.3, 0.4) is 0 Å². The summed E-state index contributed by atoms with van der Waals surface area (Å²) in [6, 6.07) is 19.4. The minimum Gasteiger partial charge on any atom is -0.476 e. The maximum Gasteiger partial charge on any atom is 0.265 e. The summed E-state index contributed by atoms with van der Waals surface area (Å²) in [5.41, 5.74) is 0.855. The Morgan fingerprint density at radius 1 is 1.12 bits per heavy atom. The predicted molar refractivity (Wildman–Crippen MR) is 97.5 cm³/mol. The van der Waals surface area contributed by atoms with Gasteiger partial charge in [-0.3, -0.25) is 4.79 Å². The van der Waals surface area contributed by atoms with Crippen molar-refractivity contribution in [3.8, 4) is 5.75 Å². The molecule has 0 bridgehead atoms. The van der Waals surface area contributed by atoms with Crippen molar-refractivity contribution in [2.24, 2.45) is 0 Å². The van der Waals surface area contributed by atoms with Gasteiger partial charge in [0.1, 0.15) is 5.75 Å². The minimum atomic E-state index is -0.639. The quantitative estimate of drug-likeness (QED) is 0.845. The fourth-order valence-corrected chi connectivity index (χ4v) is 2.78. The number of amides is 1. The van der Waals surface area contributed by atoms with Crippen LogP contribution >= 0.6 is 12.4 Å². The van der Waals surface area contributed by atoms with Gasteiger partial charge in [-0.1, -0.05) is 48.5 Å². The normalized spacial score (nSPS) is 17.6. The molecule has 128 valence electrons. The van der Waals surface area contributed by atoms with E-state index in [0.29, 0.717) is 18.3 Å². The predicted octanol–water partition coefficient (Wildman–Crippen LogP) is 3.10. The van der Waals surface area contributed by atoms with Crippen molar-refractivity contribution in [2.75, 3.05) is 13.1 Å². The second-order valence-corrected chi connectivity index (χ2v) is 5.76. The maximum absolute atomic E-state index is 12.6. The molecule has 1 amide bonds. The standard InChI is InChI=1S/C19H22N2O2.ClH/c22-19(21-14-16-10-7-13-20-16)18(15-8-3-1-4-9-15)23-17-11-5-2-6-12-17;/h1-6,8-9,11-12,16,18,20H,7,10,13-14H2,(H,21,22);1H. The molecule has 2 aromatic rings. The monoisotopic (exact) mass is 346 g/mol. The van der Waals surface area contributed by atoms with E-state index in [2.05, 4.69) is 10.6 Å². The number of rotatable bonds is 6. The molecule has 1 aliphatic rings. The van der Waals surface area contributed by atoms with Gasteiger partial charge in [0.15, 0.2) is 0 Å². The van der Waals surface area contributed by atoms with E-state index < -0.39 is 6.10 Å². The summed E-state index contributed by atoms with van der Waals surface area (Å²) in [4.78, 5) is 12.6. The number of hydrogen-bond donors (Lipinski definition) is 2. The van der Waals surface area contributed by atoms with E-state index in [9.17, 15) is 4.79 Å². The van der Waals surface area contributed by atoms with Crippen LogP contribution in [0.5, 0.6) is 5.75 Å². The topological polar surface area (TPSA) is 50.4 Å². The van der Waals surface area contributed by atoms with Crippen molar-refractivity contribution < 1.29 is 9.53 Å². The van der Waals surface area contributed by atoms with Crippen LogP contribution in [0.4, 0.5) is 0 Å². The number of ether oxygens (including phenoxy) is 1. The first-order chi connectivity index (χ1) is 11.3. The third kappa shape index (κ3) is 4.98. The van der Waals surface area contributed by atoms with Crippen LogP contribution in [-0.2, 0) is 4.79 Å². The average molecular weight is 347 g/mol. The van der Waals surface area contributed by atoms with Gasteiger partial charge in [0, 0.05) is 18.2 Å². The van der Waals surface area contributed by atoms with Crippen molar-refractivity contribution >= 4 is 18.3 Å². The number of carbonyl (C=O) groups is 1. The van der Waals surface area contributed by atoms with Crippen molar-refractivity contribution in [1.82, 2.24) is 10.6 Å². The molecule has 0 saturated carbocycles. The number of benzene rings is 2. The van der Waals surface area contributed by atoms with Crippen LogP contribution in [0.25, 0.3) is 0 Å². The van der Waals surface area contributed by atoms with Gasteiger partial charge in [-0.05, 0) is 31.5 Å². The summed E-state index contributed by atoms with van der Waals surface area (Å²) in [7, 11) is 0. The first-order valence-corrected chi connectivity index (χ1v) is 8.10. The van der Waals surface area contributed by atoms with Crippen molar-refractivity contribution in [2.45, 2.75) is 25.0 Å². The van der Waals surface area contributed by atoms with Gasteiger partial charge in [0.05, 0.1) is 0 Å². The largest absolute Gasteiger partial charge is 0.476 e. The number of nitrogens with one attached hydrogen (secondary N) is 2. The molecule has 0 aliphatic carbocycles. The molecule has 4 nitrogen and oxygen atoms in total. The van der Waals surface area contributed by atoms with E-state index in [-0.39, 0.29) is 18.3 Å². The van der Waals surface area contributed by atoms with Gasteiger partial charge in [-0.25, -0.2) is 0 Å². The van der Waals surface area contributed by atoms with Crippen LogP contribution in [0.2, 0.25) is 0 Å². The van der Waals surface area contributed by atoms with E-state index in [4.69, 9.17) is 4.74 Å². The third-order valence-corrected chi connectivity index (χ3v) is 4.02. The fourth-order valence-electron chi connectivity index (χ4n) is 2.78. The zero-order valence-electron chi connectivity index (χ0n) is 13.5. The zero-order chi connectivity index (χ0) is 15.9. The first-order valence-electron chi connectivity index (χ1n) is 8.10. The summed E-state index contributed by atoms with van der Waals surface area (Å²) in [6.07, 6.45) is 1.64. The lowest BCUT2D eigenvalue weighted by atomic mass is 10.1. The SMILES string of the molecule is Cl.O=C(NCC1CCCN1)C(Oc1ccccc1)c1ccccc1. The van der Waals surface area contributed by atoms with E-state index >= 15 is 0 Å². The molecule has 0 aromatic heterocycles. The van der Waals surface area contributed by atoms with Crippen molar-refractivity contribution in [1.29, 1.82) is 0 Å². The highest BCUT2D eigenvalue weighted by Crippen LogP contribution is 2.22.